The third kappa shape index (κ3) is 7.31. The molecule has 0 aliphatic carbocycles. The molecule has 0 unspecified atom stereocenters. The molecule has 0 fully saturated rings. The second kappa shape index (κ2) is 8.65. The van der Waals surface area contributed by atoms with E-state index in [0.29, 0.717) is 5.11 Å². The van der Waals surface area contributed by atoms with Gasteiger partial charge in [0, 0.05) is 20.0 Å². The Bertz CT molecular complexity index is 199. The van der Waals surface area contributed by atoms with Gasteiger partial charge in [0.1, 0.15) is 0 Å². The maximum absolute atomic E-state index is 10.9. The van der Waals surface area contributed by atoms with E-state index in [1.807, 2.05) is 0 Å². The topological polar surface area (TPSA) is 32.3 Å². The number of unbranched alkanes of at least 4 members (excludes halogenated alkanes) is 2. The van der Waals surface area contributed by atoms with Gasteiger partial charge in [0.15, 0.2) is 5.11 Å². The van der Waals surface area contributed by atoms with Gasteiger partial charge in [-0.25, -0.2) is 0 Å². The Hall–Kier alpha value is -0.640. The highest BCUT2D eigenvalue weighted by Gasteiger charge is 2.09. The molecule has 0 aromatic rings. The van der Waals surface area contributed by atoms with Gasteiger partial charge in [0.05, 0.1) is 0 Å². The molecule has 0 heterocycles. The van der Waals surface area contributed by atoms with E-state index in [9.17, 15) is 4.79 Å². The van der Waals surface area contributed by atoms with Crippen molar-refractivity contribution in [3.8, 4) is 0 Å². The minimum absolute atomic E-state index is 0.0852. The number of rotatable bonds is 6. The van der Waals surface area contributed by atoms with Crippen LogP contribution in [0.3, 0.4) is 0 Å². The zero-order chi connectivity index (χ0) is 11.7. The molecule has 0 aliphatic heterocycles. The molecule has 1 N–H and O–H groups in total. The lowest BCUT2D eigenvalue weighted by molar-refractivity contribution is -0.117. The molecule has 0 saturated carbocycles. The van der Waals surface area contributed by atoms with Gasteiger partial charge >= 0.3 is 0 Å². The summed E-state index contributed by atoms with van der Waals surface area (Å²) in [4.78, 5) is 13.0. The van der Waals surface area contributed by atoms with Crippen LogP contribution in [0.1, 0.15) is 46.5 Å². The number of nitrogens with one attached hydrogen (secondary N) is 1. The second-order valence-corrected chi connectivity index (χ2v) is 4.07. The monoisotopic (exact) mass is 230 g/mol. The first-order valence-electron chi connectivity index (χ1n) is 5.68. The van der Waals surface area contributed by atoms with E-state index >= 15 is 0 Å². The van der Waals surface area contributed by atoms with Crippen LogP contribution in [0.15, 0.2) is 0 Å². The van der Waals surface area contributed by atoms with E-state index in [1.165, 1.54) is 6.92 Å². The fourth-order valence-corrected chi connectivity index (χ4v) is 1.57. The van der Waals surface area contributed by atoms with Crippen molar-refractivity contribution < 1.29 is 4.79 Å². The SMILES string of the molecule is CCCCN(CCCC)C(=S)NC(C)=O. The first-order chi connectivity index (χ1) is 7.11. The molecule has 1 amide bonds. The molecule has 15 heavy (non-hydrogen) atoms. The van der Waals surface area contributed by atoms with Crippen LogP contribution in [0.5, 0.6) is 0 Å². The normalized spacial score (nSPS) is 9.80. The predicted octanol–water partition coefficient (Wildman–Crippen LogP) is 2.31. The highest BCUT2D eigenvalue weighted by atomic mass is 32.1. The molecule has 0 bridgehead atoms. The van der Waals surface area contributed by atoms with Gasteiger partial charge in [-0.05, 0) is 25.1 Å². The molecule has 0 saturated heterocycles. The second-order valence-electron chi connectivity index (χ2n) is 3.68. The summed E-state index contributed by atoms with van der Waals surface area (Å²) in [6, 6.07) is 0. The van der Waals surface area contributed by atoms with Crippen molar-refractivity contribution in [2.24, 2.45) is 0 Å². The number of hydrogen-bond donors (Lipinski definition) is 1. The van der Waals surface area contributed by atoms with Gasteiger partial charge in [0.2, 0.25) is 5.91 Å². The number of thiocarbonyl (C=S) groups is 1. The lowest BCUT2D eigenvalue weighted by Crippen LogP contribution is -2.42. The zero-order valence-electron chi connectivity index (χ0n) is 10.0. The highest BCUT2D eigenvalue weighted by molar-refractivity contribution is 7.80. The summed E-state index contributed by atoms with van der Waals surface area (Å²) in [5.41, 5.74) is 0. The molecule has 88 valence electrons. The molecular formula is C11H22N2OS. The molecule has 0 aromatic heterocycles. The van der Waals surface area contributed by atoms with Crippen LogP contribution in [-0.2, 0) is 4.79 Å². The van der Waals surface area contributed by atoms with Crippen LogP contribution in [0, 0.1) is 0 Å². The lowest BCUT2D eigenvalue weighted by Gasteiger charge is -2.24. The zero-order valence-corrected chi connectivity index (χ0v) is 10.8. The summed E-state index contributed by atoms with van der Waals surface area (Å²) in [5.74, 6) is -0.0852. The molecular weight excluding hydrogens is 208 g/mol. The van der Waals surface area contributed by atoms with Crippen LogP contribution < -0.4 is 5.32 Å². The summed E-state index contributed by atoms with van der Waals surface area (Å²) < 4.78 is 0. The molecule has 4 heteroatoms. The lowest BCUT2D eigenvalue weighted by atomic mass is 10.3. The van der Waals surface area contributed by atoms with E-state index < -0.39 is 0 Å². The first kappa shape index (κ1) is 14.4. The molecule has 0 aromatic carbocycles. The molecule has 0 spiro atoms. The first-order valence-corrected chi connectivity index (χ1v) is 6.09. The molecule has 0 rings (SSSR count). The molecule has 0 atom stereocenters. The quantitative estimate of drug-likeness (QED) is 0.711. The van der Waals surface area contributed by atoms with Crippen LogP contribution >= 0.6 is 12.2 Å². The summed E-state index contributed by atoms with van der Waals surface area (Å²) in [6.07, 6.45) is 4.52. The number of carbonyl (C=O) groups is 1. The average Bonchev–Trinajstić information content (AvgIpc) is 2.17. The van der Waals surface area contributed by atoms with Gasteiger partial charge in [0.25, 0.3) is 0 Å². The minimum atomic E-state index is -0.0852. The summed E-state index contributed by atoms with van der Waals surface area (Å²) in [7, 11) is 0. The van der Waals surface area contributed by atoms with E-state index in [-0.39, 0.29) is 5.91 Å². The number of carbonyl (C=O) groups excluding carboxylic acids is 1. The number of amides is 1. The predicted molar refractivity (Wildman–Crippen MR) is 67.8 cm³/mol. The Balaban J connectivity index is 4.07. The summed E-state index contributed by atoms with van der Waals surface area (Å²) >= 11 is 5.17. The van der Waals surface area contributed by atoms with Gasteiger partial charge < -0.3 is 10.2 Å². The Morgan fingerprint density at radius 2 is 1.67 bits per heavy atom. The maximum Gasteiger partial charge on any atom is 0.222 e. The van der Waals surface area contributed by atoms with Crippen LogP contribution in [0.4, 0.5) is 0 Å². The Morgan fingerprint density at radius 1 is 1.20 bits per heavy atom. The van der Waals surface area contributed by atoms with Crippen molar-refractivity contribution >= 4 is 23.2 Å². The Kier molecular flexibility index (Phi) is 8.28. The highest BCUT2D eigenvalue weighted by Crippen LogP contribution is 2.00. The van der Waals surface area contributed by atoms with Gasteiger partial charge in [-0.15, -0.1) is 0 Å². The fourth-order valence-electron chi connectivity index (χ4n) is 1.24. The van der Waals surface area contributed by atoms with Crippen LogP contribution in [0.2, 0.25) is 0 Å². The van der Waals surface area contributed by atoms with Crippen molar-refractivity contribution in [1.82, 2.24) is 10.2 Å². The van der Waals surface area contributed by atoms with E-state index in [1.54, 1.807) is 0 Å². The van der Waals surface area contributed by atoms with Gasteiger partial charge in [-0.3, -0.25) is 4.79 Å². The minimum Gasteiger partial charge on any atom is -0.349 e. The van der Waals surface area contributed by atoms with Crippen molar-refractivity contribution in [3.63, 3.8) is 0 Å². The summed E-state index contributed by atoms with van der Waals surface area (Å²) in [6.45, 7) is 7.67. The molecule has 3 nitrogen and oxygen atoms in total. The maximum atomic E-state index is 10.9. The van der Waals surface area contributed by atoms with Crippen molar-refractivity contribution in [2.45, 2.75) is 46.5 Å². The Morgan fingerprint density at radius 3 is 2.00 bits per heavy atom. The molecule has 0 radical (unpaired) electrons. The third-order valence-corrected chi connectivity index (χ3v) is 2.49. The standard InChI is InChI=1S/C11H22N2OS/c1-4-6-8-13(9-7-5-2)11(15)12-10(3)14/h4-9H2,1-3H3,(H,12,14,15). The van der Waals surface area contributed by atoms with Crippen LogP contribution in [0.25, 0.3) is 0 Å². The number of hydrogen-bond acceptors (Lipinski definition) is 2. The third-order valence-electron chi connectivity index (χ3n) is 2.13. The van der Waals surface area contributed by atoms with Gasteiger partial charge in [-0.2, -0.15) is 0 Å². The van der Waals surface area contributed by atoms with E-state index in [2.05, 4.69) is 24.1 Å². The average molecular weight is 230 g/mol. The van der Waals surface area contributed by atoms with Crippen molar-refractivity contribution in [1.29, 1.82) is 0 Å². The Labute approximate surface area is 98.2 Å². The van der Waals surface area contributed by atoms with E-state index in [4.69, 9.17) is 12.2 Å². The smallest absolute Gasteiger partial charge is 0.222 e. The van der Waals surface area contributed by atoms with Gasteiger partial charge in [-0.1, -0.05) is 26.7 Å². The molecule has 0 aliphatic rings. The van der Waals surface area contributed by atoms with Crippen molar-refractivity contribution in [2.75, 3.05) is 13.1 Å². The van der Waals surface area contributed by atoms with Crippen molar-refractivity contribution in [3.05, 3.63) is 0 Å². The number of nitrogens with zero attached hydrogens (tertiary/aromatic N) is 1. The fraction of sp³-hybridized carbons (Fsp3) is 0.818. The van der Waals surface area contributed by atoms with Crippen LogP contribution in [-0.4, -0.2) is 29.0 Å². The van der Waals surface area contributed by atoms with E-state index in [0.717, 1.165) is 38.8 Å². The largest absolute Gasteiger partial charge is 0.349 e. The summed E-state index contributed by atoms with van der Waals surface area (Å²) in [5, 5.41) is 3.25.